The van der Waals surface area contributed by atoms with E-state index in [0.717, 1.165) is 5.56 Å². The van der Waals surface area contributed by atoms with Crippen molar-refractivity contribution in [1.29, 1.82) is 0 Å². The predicted molar refractivity (Wildman–Crippen MR) is 51.6 cm³/mol. The van der Waals surface area contributed by atoms with Gasteiger partial charge in [-0.25, -0.2) is 0 Å². The zero-order valence-corrected chi connectivity index (χ0v) is 7.60. The third-order valence-corrected chi connectivity index (χ3v) is 1.74. The van der Waals surface area contributed by atoms with Gasteiger partial charge in [-0.2, -0.15) is 0 Å². The summed E-state index contributed by atoms with van der Waals surface area (Å²) in [5.74, 6) is 0. The Balaban J connectivity index is 2.75. The second-order valence-electron chi connectivity index (χ2n) is 2.71. The average Bonchev–Trinajstić information content (AvgIpc) is 2.18. The van der Waals surface area contributed by atoms with E-state index in [1.54, 1.807) is 24.3 Å². The van der Waals surface area contributed by atoms with Crippen LogP contribution in [0.5, 0.6) is 0 Å². The summed E-state index contributed by atoms with van der Waals surface area (Å²) in [6.45, 7) is 2.26. The van der Waals surface area contributed by atoms with E-state index in [-0.39, 0.29) is 6.61 Å². The molecule has 0 aromatic heterocycles. The van der Waals surface area contributed by atoms with Crippen LogP contribution in [0.15, 0.2) is 24.3 Å². The molecule has 0 fully saturated rings. The highest BCUT2D eigenvalue weighted by Crippen LogP contribution is 1.97. The van der Waals surface area contributed by atoms with Crippen LogP contribution in [0.2, 0.25) is 0 Å². The van der Waals surface area contributed by atoms with E-state index in [2.05, 4.69) is 0 Å². The van der Waals surface area contributed by atoms with Crippen LogP contribution in [0.4, 0.5) is 0 Å². The van der Waals surface area contributed by atoms with Crippen molar-refractivity contribution in [2.24, 2.45) is 0 Å². The fourth-order valence-electron chi connectivity index (χ4n) is 1.10. The highest BCUT2D eigenvalue weighted by atomic mass is 16.5. The van der Waals surface area contributed by atoms with Gasteiger partial charge in [0.25, 0.3) is 0 Å². The molecule has 0 atom stereocenters. The summed E-state index contributed by atoms with van der Waals surface area (Å²) in [6, 6.07) is 7.06. The maximum Gasteiger partial charge on any atom is 0.491 e. The van der Waals surface area contributed by atoms with E-state index in [9.17, 15) is 5.02 Å². The van der Waals surface area contributed by atoms with E-state index < -0.39 is 7.12 Å². The maximum atomic E-state index is 9.44. The molecule has 0 radical (unpaired) electrons. The molecule has 0 heterocycles. The van der Waals surface area contributed by atoms with Crippen LogP contribution in [-0.4, -0.2) is 23.9 Å². The van der Waals surface area contributed by atoms with Crippen LogP contribution in [0.3, 0.4) is 0 Å². The minimum absolute atomic E-state index is 0.0211. The standard InChI is InChI=1S/C9H13BO3/c1-2-13-10(12)9-5-3-4-8(6-9)7-11/h3-6,11-12H,2,7H2,1H3. The van der Waals surface area contributed by atoms with Gasteiger partial charge in [-0.1, -0.05) is 24.3 Å². The predicted octanol–water partition coefficient (Wildman–Crippen LogP) is -0.0971. The van der Waals surface area contributed by atoms with Gasteiger partial charge in [0.2, 0.25) is 0 Å². The molecule has 1 aromatic carbocycles. The van der Waals surface area contributed by atoms with Crippen molar-refractivity contribution in [2.45, 2.75) is 13.5 Å². The number of aliphatic hydroxyl groups excluding tert-OH is 1. The molecule has 70 valence electrons. The average molecular weight is 180 g/mol. The summed E-state index contributed by atoms with van der Waals surface area (Å²) in [7, 11) is -0.892. The van der Waals surface area contributed by atoms with Crippen molar-refractivity contribution in [3.8, 4) is 0 Å². The molecule has 1 aromatic rings. The van der Waals surface area contributed by atoms with Crippen LogP contribution in [0, 0.1) is 0 Å². The molecule has 0 unspecified atom stereocenters. The molecule has 0 spiro atoms. The van der Waals surface area contributed by atoms with E-state index in [0.29, 0.717) is 12.1 Å². The summed E-state index contributed by atoms with van der Waals surface area (Å²) in [5.41, 5.74) is 1.45. The Kier molecular flexibility index (Phi) is 3.95. The number of aliphatic hydroxyl groups is 1. The lowest BCUT2D eigenvalue weighted by molar-refractivity contribution is 0.281. The lowest BCUT2D eigenvalue weighted by atomic mass is 9.79. The van der Waals surface area contributed by atoms with E-state index in [4.69, 9.17) is 9.76 Å². The van der Waals surface area contributed by atoms with Gasteiger partial charge in [-0.15, -0.1) is 0 Å². The lowest BCUT2D eigenvalue weighted by Gasteiger charge is -2.06. The zero-order chi connectivity index (χ0) is 9.68. The monoisotopic (exact) mass is 180 g/mol. The van der Waals surface area contributed by atoms with Crippen molar-refractivity contribution >= 4 is 12.6 Å². The largest absolute Gasteiger partial charge is 0.491 e. The number of hydrogen-bond donors (Lipinski definition) is 2. The third-order valence-electron chi connectivity index (χ3n) is 1.74. The summed E-state index contributed by atoms with van der Waals surface area (Å²) in [5, 5.41) is 18.3. The lowest BCUT2D eigenvalue weighted by Crippen LogP contribution is -2.33. The molecule has 4 heteroatoms. The van der Waals surface area contributed by atoms with Crippen LogP contribution >= 0.6 is 0 Å². The Hall–Kier alpha value is -0.835. The molecule has 0 saturated heterocycles. The van der Waals surface area contributed by atoms with Gasteiger partial charge in [0, 0.05) is 6.61 Å². The maximum absolute atomic E-state index is 9.44. The second-order valence-corrected chi connectivity index (χ2v) is 2.71. The molecule has 0 bridgehead atoms. The van der Waals surface area contributed by atoms with Gasteiger partial charge >= 0.3 is 7.12 Å². The minimum atomic E-state index is -0.892. The van der Waals surface area contributed by atoms with Crippen molar-refractivity contribution < 1.29 is 14.8 Å². The third kappa shape index (κ3) is 2.84. The molecule has 0 saturated carbocycles. The Morgan fingerprint density at radius 1 is 1.46 bits per heavy atom. The Morgan fingerprint density at radius 3 is 2.85 bits per heavy atom. The molecule has 1 rings (SSSR count). The first-order valence-electron chi connectivity index (χ1n) is 4.27. The van der Waals surface area contributed by atoms with Gasteiger partial charge in [0.05, 0.1) is 6.61 Å². The molecule has 2 N–H and O–H groups in total. The van der Waals surface area contributed by atoms with E-state index >= 15 is 0 Å². The zero-order valence-electron chi connectivity index (χ0n) is 7.60. The van der Waals surface area contributed by atoms with Gasteiger partial charge < -0.3 is 14.8 Å². The van der Waals surface area contributed by atoms with Crippen molar-refractivity contribution in [3.63, 3.8) is 0 Å². The molecular weight excluding hydrogens is 167 g/mol. The van der Waals surface area contributed by atoms with Crippen molar-refractivity contribution in [2.75, 3.05) is 6.61 Å². The topological polar surface area (TPSA) is 49.7 Å². The van der Waals surface area contributed by atoms with Gasteiger partial charge in [-0.3, -0.25) is 0 Å². The first-order chi connectivity index (χ1) is 6.27. The first-order valence-corrected chi connectivity index (χ1v) is 4.27. The normalized spacial score (nSPS) is 10.1. The Bertz CT molecular complexity index is 265. The van der Waals surface area contributed by atoms with Crippen LogP contribution < -0.4 is 5.46 Å². The minimum Gasteiger partial charge on any atom is -0.423 e. The van der Waals surface area contributed by atoms with Crippen LogP contribution in [0.1, 0.15) is 12.5 Å². The quantitative estimate of drug-likeness (QED) is 0.636. The van der Waals surface area contributed by atoms with Crippen molar-refractivity contribution in [3.05, 3.63) is 29.8 Å². The smallest absolute Gasteiger partial charge is 0.423 e. The number of benzene rings is 1. The molecule has 0 aliphatic carbocycles. The summed E-state index contributed by atoms with van der Waals surface area (Å²) >= 11 is 0. The Labute approximate surface area is 78.1 Å². The fraction of sp³-hybridized carbons (Fsp3) is 0.333. The van der Waals surface area contributed by atoms with Gasteiger partial charge in [-0.05, 0) is 17.9 Å². The molecule has 0 amide bonds. The van der Waals surface area contributed by atoms with Crippen LogP contribution in [0.25, 0.3) is 0 Å². The fourth-order valence-corrected chi connectivity index (χ4v) is 1.10. The molecule has 3 nitrogen and oxygen atoms in total. The SMILES string of the molecule is CCOB(O)c1cccc(CO)c1. The van der Waals surface area contributed by atoms with E-state index in [1.165, 1.54) is 0 Å². The van der Waals surface area contributed by atoms with Gasteiger partial charge in [0.15, 0.2) is 0 Å². The second kappa shape index (κ2) is 5.02. The molecular formula is C9H13BO3. The summed E-state index contributed by atoms with van der Waals surface area (Å²) in [6.07, 6.45) is 0. The first kappa shape index (κ1) is 10.2. The van der Waals surface area contributed by atoms with E-state index in [1.807, 2.05) is 6.92 Å². The summed E-state index contributed by atoms with van der Waals surface area (Å²) < 4.78 is 5.00. The molecule has 13 heavy (non-hydrogen) atoms. The van der Waals surface area contributed by atoms with Crippen LogP contribution in [-0.2, 0) is 11.3 Å². The molecule has 0 aliphatic heterocycles. The van der Waals surface area contributed by atoms with Gasteiger partial charge in [0.1, 0.15) is 0 Å². The highest BCUT2D eigenvalue weighted by molar-refractivity contribution is 6.59. The molecule has 0 aliphatic rings. The summed E-state index contributed by atoms with van der Waals surface area (Å²) in [4.78, 5) is 0. The van der Waals surface area contributed by atoms with Crippen molar-refractivity contribution in [1.82, 2.24) is 0 Å². The Morgan fingerprint density at radius 2 is 2.23 bits per heavy atom. The number of hydrogen-bond acceptors (Lipinski definition) is 3. The highest BCUT2D eigenvalue weighted by Gasteiger charge is 2.14. The number of rotatable bonds is 4.